The molecule has 1 aromatic carbocycles. The van der Waals surface area contributed by atoms with Crippen LogP contribution >= 0.6 is 0 Å². The zero-order valence-corrected chi connectivity index (χ0v) is 8.16. The number of allylic oxidation sites excluding steroid dienone is 2. The quantitative estimate of drug-likeness (QED) is 0.593. The van der Waals surface area contributed by atoms with E-state index in [-0.39, 0.29) is 0 Å². The second-order valence-corrected chi connectivity index (χ2v) is 3.88. The highest BCUT2D eigenvalue weighted by Gasteiger charge is 2.10. The van der Waals surface area contributed by atoms with Crippen molar-refractivity contribution in [3.63, 3.8) is 0 Å². The molecule has 0 aromatic heterocycles. The molecule has 0 nitrogen and oxygen atoms in total. The van der Waals surface area contributed by atoms with Crippen LogP contribution in [-0.4, -0.2) is 0 Å². The molecule has 1 unspecified atom stereocenters. The van der Waals surface area contributed by atoms with Crippen molar-refractivity contribution in [1.82, 2.24) is 0 Å². The molecule has 0 aliphatic heterocycles. The molecule has 1 aliphatic carbocycles. The molecule has 1 aliphatic rings. The summed E-state index contributed by atoms with van der Waals surface area (Å²) in [4.78, 5) is 0. The summed E-state index contributed by atoms with van der Waals surface area (Å²) in [5.74, 6) is 0.594. The highest BCUT2D eigenvalue weighted by atomic mass is 14.2. The fourth-order valence-corrected chi connectivity index (χ4v) is 1.75. The van der Waals surface area contributed by atoms with Gasteiger partial charge in [0.2, 0.25) is 0 Å². The van der Waals surface area contributed by atoms with Gasteiger partial charge >= 0.3 is 0 Å². The summed E-state index contributed by atoms with van der Waals surface area (Å²) in [6.45, 7) is 2.28. The Bertz CT molecular complexity index is 289. The molecular formula is C13H16. The van der Waals surface area contributed by atoms with E-state index in [1.165, 1.54) is 24.8 Å². The predicted octanol–water partition coefficient (Wildman–Crippen LogP) is 3.90. The highest BCUT2D eigenvalue weighted by molar-refractivity contribution is 5.25. The van der Waals surface area contributed by atoms with Crippen LogP contribution in [-0.2, 0) is 0 Å². The molecule has 0 heterocycles. The average Bonchev–Trinajstić information content (AvgIpc) is 2.12. The van der Waals surface area contributed by atoms with Gasteiger partial charge in [0, 0.05) is 0 Å². The molecule has 0 amide bonds. The lowest BCUT2D eigenvalue weighted by atomic mass is 9.88. The summed E-state index contributed by atoms with van der Waals surface area (Å²) in [7, 11) is 0. The molecule has 1 fully saturated rings. The SMILES string of the molecule is CC(C=C1CCC1)c1ccccc1. The van der Waals surface area contributed by atoms with E-state index < -0.39 is 0 Å². The van der Waals surface area contributed by atoms with E-state index in [2.05, 4.69) is 43.3 Å². The van der Waals surface area contributed by atoms with Crippen LogP contribution in [0.5, 0.6) is 0 Å². The second kappa shape index (κ2) is 3.78. The lowest BCUT2D eigenvalue weighted by Crippen LogP contribution is -1.99. The van der Waals surface area contributed by atoms with Crippen molar-refractivity contribution in [1.29, 1.82) is 0 Å². The van der Waals surface area contributed by atoms with Crippen molar-refractivity contribution >= 4 is 0 Å². The Morgan fingerprint density at radius 2 is 1.85 bits per heavy atom. The summed E-state index contributed by atoms with van der Waals surface area (Å²) in [6.07, 6.45) is 6.49. The smallest absolute Gasteiger partial charge is 0.000776 e. The van der Waals surface area contributed by atoms with Gasteiger partial charge in [-0.2, -0.15) is 0 Å². The monoisotopic (exact) mass is 172 g/mol. The van der Waals surface area contributed by atoms with Crippen LogP contribution in [0.2, 0.25) is 0 Å². The third-order valence-corrected chi connectivity index (χ3v) is 2.81. The van der Waals surface area contributed by atoms with Crippen molar-refractivity contribution in [3.8, 4) is 0 Å². The Kier molecular flexibility index (Phi) is 2.49. The number of rotatable bonds is 2. The zero-order valence-electron chi connectivity index (χ0n) is 8.16. The van der Waals surface area contributed by atoms with Crippen molar-refractivity contribution in [3.05, 3.63) is 47.5 Å². The first-order chi connectivity index (χ1) is 6.36. The van der Waals surface area contributed by atoms with Crippen LogP contribution in [0.1, 0.15) is 37.7 Å². The molecule has 1 atom stereocenters. The maximum absolute atomic E-state index is 2.43. The first kappa shape index (κ1) is 8.55. The minimum absolute atomic E-state index is 0.594. The van der Waals surface area contributed by atoms with E-state index in [1.54, 1.807) is 5.57 Å². The van der Waals surface area contributed by atoms with Crippen molar-refractivity contribution in [2.75, 3.05) is 0 Å². The average molecular weight is 172 g/mol. The standard InChI is InChI=1S/C13H16/c1-11(10-12-6-5-7-12)13-8-3-2-4-9-13/h2-4,8-11H,5-7H2,1H3. The first-order valence-electron chi connectivity index (χ1n) is 5.11. The molecule has 2 rings (SSSR count). The minimum atomic E-state index is 0.594. The Balaban J connectivity index is 2.09. The van der Waals surface area contributed by atoms with Crippen molar-refractivity contribution in [2.45, 2.75) is 32.1 Å². The van der Waals surface area contributed by atoms with Gasteiger partial charge in [0.05, 0.1) is 0 Å². The van der Waals surface area contributed by atoms with E-state index in [9.17, 15) is 0 Å². The molecule has 0 saturated heterocycles. The van der Waals surface area contributed by atoms with Crippen LogP contribution in [0, 0.1) is 0 Å². The van der Waals surface area contributed by atoms with E-state index >= 15 is 0 Å². The summed E-state index contributed by atoms with van der Waals surface area (Å²) >= 11 is 0. The minimum Gasteiger partial charge on any atom is -0.0781 e. The normalized spacial score (nSPS) is 17.8. The van der Waals surface area contributed by atoms with Gasteiger partial charge in [-0.25, -0.2) is 0 Å². The molecule has 0 radical (unpaired) electrons. The second-order valence-electron chi connectivity index (χ2n) is 3.88. The van der Waals surface area contributed by atoms with E-state index in [0.717, 1.165) is 0 Å². The molecule has 0 spiro atoms. The third-order valence-electron chi connectivity index (χ3n) is 2.81. The molecule has 0 bridgehead atoms. The third kappa shape index (κ3) is 2.00. The molecule has 0 heteroatoms. The molecular weight excluding hydrogens is 156 g/mol. The van der Waals surface area contributed by atoms with Gasteiger partial charge in [-0.3, -0.25) is 0 Å². The largest absolute Gasteiger partial charge is 0.0781 e. The van der Waals surface area contributed by atoms with Gasteiger partial charge in [-0.15, -0.1) is 0 Å². The molecule has 68 valence electrons. The lowest BCUT2D eigenvalue weighted by molar-refractivity contribution is 0.652. The van der Waals surface area contributed by atoms with Gasteiger partial charge in [-0.1, -0.05) is 48.9 Å². The van der Waals surface area contributed by atoms with Crippen molar-refractivity contribution < 1.29 is 0 Å². The molecule has 0 N–H and O–H groups in total. The summed E-state index contributed by atoms with van der Waals surface area (Å²) in [5, 5.41) is 0. The van der Waals surface area contributed by atoms with Crippen LogP contribution in [0.4, 0.5) is 0 Å². The van der Waals surface area contributed by atoms with E-state index in [1.807, 2.05) is 0 Å². The van der Waals surface area contributed by atoms with E-state index in [0.29, 0.717) is 5.92 Å². The van der Waals surface area contributed by atoms with E-state index in [4.69, 9.17) is 0 Å². The van der Waals surface area contributed by atoms with Crippen molar-refractivity contribution in [2.24, 2.45) is 0 Å². The maximum atomic E-state index is 2.43. The Labute approximate surface area is 80.3 Å². The summed E-state index contributed by atoms with van der Waals surface area (Å²) in [6, 6.07) is 10.7. The number of hydrogen-bond donors (Lipinski definition) is 0. The predicted molar refractivity (Wildman–Crippen MR) is 56.8 cm³/mol. The molecule has 1 saturated carbocycles. The molecule has 13 heavy (non-hydrogen) atoms. The van der Waals surface area contributed by atoms with Crippen LogP contribution in [0.25, 0.3) is 0 Å². The van der Waals surface area contributed by atoms with Gasteiger partial charge < -0.3 is 0 Å². The lowest BCUT2D eigenvalue weighted by Gasteiger charge is -2.18. The Hall–Kier alpha value is -1.04. The van der Waals surface area contributed by atoms with Crippen LogP contribution in [0.3, 0.4) is 0 Å². The van der Waals surface area contributed by atoms with Crippen LogP contribution < -0.4 is 0 Å². The van der Waals surface area contributed by atoms with Crippen LogP contribution in [0.15, 0.2) is 42.0 Å². The number of benzene rings is 1. The fraction of sp³-hybridized carbons (Fsp3) is 0.385. The molecule has 1 aromatic rings. The van der Waals surface area contributed by atoms with Gasteiger partial charge in [0.1, 0.15) is 0 Å². The van der Waals surface area contributed by atoms with Gasteiger partial charge in [0.25, 0.3) is 0 Å². The highest BCUT2D eigenvalue weighted by Crippen LogP contribution is 2.29. The maximum Gasteiger partial charge on any atom is -0.000776 e. The Morgan fingerprint density at radius 3 is 2.38 bits per heavy atom. The van der Waals surface area contributed by atoms with Gasteiger partial charge in [-0.05, 0) is 30.7 Å². The summed E-state index contributed by atoms with van der Waals surface area (Å²) < 4.78 is 0. The summed E-state index contributed by atoms with van der Waals surface area (Å²) in [5.41, 5.74) is 3.08. The fourth-order valence-electron chi connectivity index (χ4n) is 1.75. The first-order valence-corrected chi connectivity index (χ1v) is 5.11. The topological polar surface area (TPSA) is 0 Å². The Morgan fingerprint density at radius 1 is 1.15 bits per heavy atom. The number of hydrogen-bond acceptors (Lipinski definition) is 0. The van der Waals surface area contributed by atoms with Gasteiger partial charge in [0.15, 0.2) is 0 Å². The zero-order chi connectivity index (χ0) is 9.10.